The predicted molar refractivity (Wildman–Crippen MR) is 108 cm³/mol. The minimum absolute atomic E-state index is 0.125. The fourth-order valence-corrected chi connectivity index (χ4v) is 4.40. The third-order valence-electron chi connectivity index (χ3n) is 5.41. The van der Waals surface area contributed by atoms with Gasteiger partial charge in [-0.3, -0.25) is 4.79 Å². The molecule has 1 fully saturated rings. The van der Waals surface area contributed by atoms with Gasteiger partial charge in [0.05, 0.1) is 25.3 Å². The summed E-state index contributed by atoms with van der Waals surface area (Å²) in [5.41, 5.74) is 4.19. The Hall–Kier alpha value is -2.11. The molecule has 4 nitrogen and oxygen atoms in total. The molecule has 142 valence electrons. The van der Waals surface area contributed by atoms with E-state index in [0.29, 0.717) is 19.5 Å². The highest BCUT2D eigenvalue weighted by Crippen LogP contribution is 2.27. The molecule has 2 aromatic heterocycles. The first kappa shape index (κ1) is 18.3. The predicted octanol–water partition coefficient (Wildman–Crippen LogP) is 4.86. The van der Waals surface area contributed by atoms with E-state index in [0.717, 1.165) is 41.5 Å². The monoisotopic (exact) mass is 383 g/mol. The van der Waals surface area contributed by atoms with Crippen molar-refractivity contribution in [3.05, 3.63) is 57.5 Å². The number of nitrogens with zero attached hydrogens (tertiary/aromatic N) is 1. The van der Waals surface area contributed by atoms with Gasteiger partial charge in [0.2, 0.25) is 5.91 Å². The van der Waals surface area contributed by atoms with Gasteiger partial charge in [0.15, 0.2) is 0 Å². The van der Waals surface area contributed by atoms with Gasteiger partial charge in [-0.2, -0.15) is 0 Å². The minimum atomic E-state index is 0.125. The van der Waals surface area contributed by atoms with E-state index >= 15 is 0 Å². The van der Waals surface area contributed by atoms with Gasteiger partial charge >= 0.3 is 0 Å². The molecule has 1 unspecified atom stereocenters. The van der Waals surface area contributed by atoms with Crippen LogP contribution in [0.4, 0.5) is 0 Å². The molecule has 1 saturated heterocycles. The van der Waals surface area contributed by atoms with E-state index in [9.17, 15) is 4.79 Å². The van der Waals surface area contributed by atoms with E-state index in [1.54, 1.807) is 17.6 Å². The molecule has 0 spiro atoms. The fourth-order valence-electron chi connectivity index (χ4n) is 3.68. The number of hydrogen-bond donors (Lipinski definition) is 0. The van der Waals surface area contributed by atoms with Crippen LogP contribution >= 0.6 is 11.3 Å². The van der Waals surface area contributed by atoms with Gasteiger partial charge in [0.1, 0.15) is 5.58 Å². The highest BCUT2D eigenvalue weighted by molar-refractivity contribution is 7.09. The highest BCUT2D eigenvalue weighted by Gasteiger charge is 2.24. The van der Waals surface area contributed by atoms with Gasteiger partial charge in [-0.1, -0.05) is 18.2 Å². The van der Waals surface area contributed by atoms with E-state index in [2.05, 4.69) is 37.4 Å². The molecule has 1 aliphatic heterocycles. The third kappa shape index (κ3) is 3.94. The van der Waals surface area contributed by atoms with Crippen molar-refractivity contribution < 1.29 is 13.9 Å². The van der Waals surface area contributed by atoms with Crippen LogP contribution in [0.15, 0.2) is 40.3 Å². The Bertz CT molecular complexity index is 923. The van der Waals surface area contributed by atoms with E-state index in [1.807, 2.05) is 11.0 Å². The smallest absolute Gasteiger partial charge is 0.227 e. The van der Waals surface area contributed by atoms with Crippen LogP contribution in [0.25, 0.3) is 11.0 Å². The Morgan fingerprint density at radius 2 is 2.19 bits per heavy atom. The van der Waals surface area contributed by atoms with Crippen molar-refractivity contribution in [2.75, 3.05) is 13.2 Å². The number of hydrogen-bond acceptors (Lipinski definition) is 4. The lowest BCUT2D eigenvalue weighted by Gasteiger charge is -2.25. The number of carbonyl (C=O) groups excluding carboxylic acids is 1. The molecule has 4 rings (SSSR count). The van der Waals surface area contributed by atoms with Crippen molar-refractivity contribution in [3.63, 3.8) is 0 Å². The molecule has 0 radical (unpaired) electrons. The van der Waals surface area contributed by atoms with Gasteiger partial charge in [0.25, 0.3) is 0 Å². The minimum Gasteiger partial charge on any atom is -0.464 e. The van der Waals surface area contributed by atoms with Crippen molar-refractivity contribution in [1.29, 1.82) is 0 Å². The van der Waals surface area contributed by atoms with Gasteiger partial charge in [0, 0.05) is 29.0 Å². The summed E-state index contributed by atoms with van der Waals surface area (Å²) in [6, 6.07) is 8.27. The number of aryl methyl sites for hydroxylation is 2. The largest absolute Gasteiger partial charge is 0.464 e. The zero-order valence-corrected chi connectivity index (χ0v) is 16.7. The highest BCUT2D eigenvalue weighted by atomic mass is 32.1. The molecule has 0 N–H and O–H groups in total. The molecule has 0 bridgehead atoms. The number of carbonyl (C=O) groups is 1. The van der Waals surface area contributed by atoms with Crippen LogP contribution in [0, 0.1) is 13.8 Å². The molecule has 1 atom stereocenters. The number of furan rings is 1. The van der Waals surface area contributed by atoms with E-state index < -0.39 is 0 Å². The number of rotatable bonds is 6. The molecule has 3 heterocycles. The standard InChI is InChI=1S/C22H25NO3S/c1-15-7-8-20-17(14-26-22(20)16(15)2)11-21(24)23(12-18-5-3-9-25-18)13-19-6-4-10-27-19/h4,6-8,10,14,18H,3,5,9,11-13H2,1-2H3. The van der Waals surface area contributed by atoms with Crippen molar-refractivity contribution in [3.8, 4) is 0 Å². The second-order valence-electron chi connectivity index (χ2n) is 7.31. The molecule has 3 aromatic rings. The molecule has 27 heavy (non-hydrogen) atoms. The van der Waals surface area contributed by atoms with Gasteiger partial charge in [-0.05, 0) is 49.3 Å². The number of thiophene rings is 1. The maximum Gasteiger partial charge on any atom is 0.227 e. The second kappa shape index (κ2) is 7.87. The van der Waals surface area contributed by atoms with Crippen LogP contribution in [0.5, 0.6) is 0 Å². The van der Waals surface area contributed by atoms with Crippen molar-refractivity contribution >= 4 is 28.2 Å². The van der Waals surface area contributed by atoms with Crippen molar-refractivity contribution in [1.82, 2.24) is 4.90 Å². The number of benzene rings is 1. The topological polar surface area (TPSA) is 42.7 Å². The Kier molecular flexibility index (Phi) is 5.32. The third-order valence-corrected chi connectivity index (χ3v) is 6.27. The summed E-state index contributed by atoms with van der Waals surface area (Å²) in [6.45, 7) is 6.24. The molecule has 0 saturated carbocycles. The lowest BCUT2D eigenvalue weighted by molar-refractivity contribution is -0.132. The van der Waals surface area contributed by atoms with E-state index in [-0.39, 0.29) is 12.0 Å². The Labute approximate surface area is 163 Å². The second-order valence-corrected chi connectivity index (χ2v) is 8.34. The van der Waals surface area contributed by atoms with Crippen LogP contribution in [-0.2, 0) is 22.5 Å². The number of ether oxygens (including phenoxy) is 1. The summed E-state index contributed by atoms with van der Waals surface area (Å²) >= 11 is 1.69. The first-order valence-corrected chi connectivity index (χ1v) is 10.4. The Morgan fingerprint density at radius 3 is 2.93 bits per heavy atom. The van der Waals surface area contributed by atoms with Crippen LogP contribution in [0.1, 0.15) is 34.4 Å². The zero-order chi connectivity index (χ0) is 18.8. The number of amides is 1. The van der Waals surface area contributed by atoms with Crippen molar-refractivity contribution in [2.45, 2.75) is 45.8 Å². The average Bonchev–Trinajstić information content (AvgIpc) is 3.40. The molecule has 5 heteroatoms. The van der Waals surface area contributed by atoms with Crippen LogP contribution in [-0.4, -0.2) is 30.1 Å². The molecule has 1 amide bonds. The van der Waals surface area contributed by atoms with Crippen LogP contribution in [0.3, 0.4) is 0 Å². The summed E-state index contributed by atoms with van der Waals surface area (Å²) in [5, 5.41) is 3.10. The summed E-state index contributed by atoms with van der Waals surface area (Å²) in [4.78, 5) is 16.3. The summed E-state index contributed by atoms with van der Waals surface area (Å²) in [6.07, 6.45) is 4.36. The summed E-state index contributed by atoms with van der Waals surface area (Å²) in [7, 11) is 0. The molecular weight excluding hydrogens is 358 g/mol. The maximum atomic E-state index is 13.2. The van der Waals surface area contributed by atoms with E-state index in [4.69, 9.17) is 9.15 Å². The average molecular weight is 384 g/mol. The first-order valence-electron chi connectivity index (χ1n) is 9.50. The van der Waals surface area contributed by atoms with Crippen molar-refractivity contribution in [2.24, 2.45) is 0 Å². The summed E-state index contributed by atoms with van der Waals surface area (Å²) in [5.74, 6) is 0.125. The quantitative estimate of drug-likeness (QED) is 0.610. The molecule has 1 aliphatic rings. The van der Waals surface area contributed by atoms with Crippen LogP contribution in [0.2, 0.25) is 0 Å². The van der Waals surface area contributed by atoms with Gasteiger partial charge < -0.3 is 14.1 Å². The van der Waals surface area contributed by atoms with Crippen LogP contribution < -0.4 is 0 Å². The van der Waals surface area contributed by atoms with Gasteiger partial charge in [-0.15, -0.1) is 11.3 Å². The molecule has 0 aliphatic carbocycles. The molecule has 1 aromatic carbocycles. The summed E-state index contributed by atoms with van der Waals surface area (Å²) < 4.78 is 11.6. The van der Waals surface area contributed by atoms with E-state index in [1.165, 1.54) is 10.4 Å². The SMILES string of the molecule is Cc1ccc2c(CC(=O)N(Cc3cccs3)CC3CCCO3)coc2c1C. The molecular formula is C22H25NO3S. The lowest BCUT2D eigenvalue weighted by Crippen LogP contribution is -2.37. The first-order chi connectivity index (χ1) is 13.1. The Balaban J connectivity index is 1.54. The zero-order valence-electron chi connectivity index (χ0n) is 15.9. The maximum absolute atomic E-state index is 13.2. The lowest BCUT2D eigenvalue weighted by atomic mass is 10.0. The normalized spacial score (nSPS) is 16.9. The Morgan fingerprint density at radius 1 is 1.30 bits per heavy atom. The fraction of sp³-hybridized carbons (Fsp3) is 0.409. The van der Waals surface area contributed by atoms with Gasteiger partial charge in [-0.25, -0.2) is 0 Å². The number of fused-ring (bicyclic) bond motifs is 1.